The molecule has 7 heteroatoms. The molecule has 1 saturated heterocycles. The first-order valence-electron chi connectivity index (χ1n) is 8.61. The van der Waals surface area contributed by atoms with Crippen LogP contribution in [0.25, 0.3) is 0 Å². The Morgan fingerprint density at radius 1 is 1.08 bits per heavy atom. The number of amides is 1. The second kappa shape index (κ2) is 12.0. The Kier molecular flexibility index (Phi) is 12.8. The van der Waals surface area contributed by atoms with Crippen LogP contribution in [-0.2, 0) is 10.3 Å². The summed E-state index contributed by atoms with van der Waals surface area (Å²) in [5.74, 6) is 0.546. The molecule has 1 fully saturated rings. The van der Waals surface area contributed by atoms with E-state index in [0.29, 0.717) is 5.92 Å². The molecular formula is C19H34Cl3N3O. The SMILES string of the molecule is CNC(C(=O)N1CCC(c2ccccc2)(N(C)C)CC1)C(C)C.Cl.Cl.Cl. The van der Waals surface area contributed by atoms with Gasteiger partial charge in [0.25, 0.3) is 0 Å². The van der Waals surface area contributed by atoms with E-state index < -0.39 is 0 Å². The zero-order chi connectivity index (χ0) is 17.0. The number of likely N-dealkylation sites (N-methyl/N-ethyl adjacent to an activating group) is 1. The number of nitrogens with one attached hydrogen (secondary N) is 1. The minimum absolute atomic E-state index is 0. The number of hydrogen-bond donors (Lipinski definition) is 1. The van der Waals surface area contributed by atoms with Crippen LogP contribution in [0, 0.1) is 5.92 Å². The van der Waals surface area contributed by atoms with Crippen LogP contribution in [0.15, 0.2) is 30.3 Å². The molecule has 1 heterocycles. The Bertz CT molecular complexity index is 518. The van der Waals surface area contributed by atoms with E-state index in [-0.39, 0.29) is 54.7 Å². The van der Waals surface area contributed by atoms with E-state index in [9.17, 15) is 4.79 Å². The molecule has 0 spiro atoms. The molecule has 0 aromatic heterocycles. The highest BCUT2D eigenvalue weighted by Crippen LogP contribution is 2.37. The standard InChI is InChI=1S/C19H31N3O.3ClH/c1-15(2)17(20-3)18(23)22-13-11-19(12-14-22,21(4)5)16-9-7-6-8-10-16;;;/h6-10,15,17,20H,11-14H2,1-5H3;3*1H. The average molecular weight is 427 g/mol. The van der Waals surface area contributed by atoms with Crippen molar-refractivity contribution in [1.29, 1.82) is 0 Å². The average Bonchev–Trinajstić information content (AvgIpc) is 2.55. The molecule has 0 radical (unpaired) electrons. The van der Waals surface area contributed by atoms with Crippen molar-refractivity contribution >= 4 is 43.1 Å². The number of halogens is 3. The molecule has 1 amide bonds. The predicted octanol–water partition coefficient (Wildman–Crippen LogP) is 3.58. The summed E-state index contributed by atoms with van der Waals surface area (Å²) in [5, 5.41) is 3.17. The normalized spacial score (nSPS) is 17.0. The molecule has 152 valence electrons. The number of carbonyl (C=O) groups excluding carboxylic acids is 1. The van der Waals surface area contributed by atoms with Gasteiger partial charge in [-0.05, 0) is 45.5 Å². The molecular weight excluding hydrogens is 393 g/mol. The van der Waals surface area contributed by atoms with Crippen molar-refractivity contribution in [2.45, 2.75) is 38.3 Å². The van der Waals surface area contributed by atoms with Crippen LogP contribution in [0.4, 0.5) is 0 Å². The lowest BCUT2D eigenvalue weighted by atomic mass is 9.79. The monoisotopic (exact) mass is 425 g/mol. The Balaban J connectivity index is 0. The summed E-state index contributed by atoms with van der Waals surface area (Å²) in [6.45, 7) is 5.82. The maximum atomic E-state index is 12.7. The highest BCUT2D eigenvalue weighted by Gasteiger charge is 2.40. The van der Waals surface area contributed by atoms with Crippen molar-refractivity contribution in [2.24, 2.45) is 5.92 Å². The van der Waals surface area contributed by atoms with Crippen molar-refractivity contribution < 1.29 is 4.79 Å². The summed E-state index contributed by atoms with van der Waals surface area (Å²) < 4.78 is 0. The van der Waals surface area contributed by atoms with Gasteiger partial charge in [0.05, 0.1) is 6.04 Å². The molecule has 1 aromatic rings. The van der Waals surface area contributed by atoms with Crippen molar-refractivity contribution in [3.8, 4) is 0 Å². The maximum Gasteiger partial charge on any atom is 0.239 e. The first-order chi connectivity index (χ1) is 10.9. The molecule has 1 aromatic carbocycles. The number of rotatable bonds is 5. The van der Waals surface area contributed by atoms with Gasteiger partial charge in [0.2, 0.25) is 5.91 Å². The van der Waals surface area contributed by atoms with Gasteiger partial charge >= 0.3 is 0 Å². The van der Waals surface area contributed by atoms with Crippen LogP contribution in [0.5, 0.6) is 0 Å². The van der Waals surface area contributed by atoms with E-state index in [2.05, 4.69) is 68.5 Å². The zero-order valence-electron chi connectivity index (χ0n) is 16.4. The highest BCUT2D eigenvalue weighted by molar-refractivity contribution is 5.86. The fraction of sp³-hybridized carbons (Fsp3) is 0.632. The third-order valence-electron chi connectivity index (χ3n) is 5.31. The Morgan fingerprint density at radius 3 is 1.96 bits per heavy atom. The first kappa shape index (κ1) is 27.7. The van der Waals surface area contributed by atoms with Gasteiger partial charge in [-0.25, -0.2) is 0 Å². The van der Waals surface area contributed by atoms with Crippen LogP contribution in [-0.4, -0.2) is 56.0 Å². The minimum atomic E-state index is -0.0846. The van der Waals surface area contributed by atoms with Gasteiger partial charge in [0.15, 0.2) is 0 Å². The fourth-order valence-electron chi connectivity index (χ4n) is 3.78. The van der Waals surface area contributed by atoms with E-state index >= 15 is 0 Å². The van der Waals surface area contributed by atoms with Gasteiger partial charge in [-0.3, -0.25) is 9.69 Å². The summed E-state index contributed by atoms with van der Waals surface area (Å²) in [5.41, 5.74) is 1.39. The minimum Gasteiger partial charge on any atom is -0.341 e. The van der Waals surface area contributed by atoms with Crippen LogP contribution in [0.2, 0.25) is 0 Å². The topological polar surface area (TPSA) is 35.6 Å². The van der Waals surface area contributed by atoms with Crippen molar-refractivity contribution in [1.82, 2.24) is 15.1 Å². The smallest absolute Gasteiger partial charge is 0.239 e. The number of piperidine rings is 1. The van der Waals surface area contributed by atoms with E-state index in [1.165, 1.54) is 5.56 Å². The lowest BCUT2D eigenvalue weighted by molar-refractivity contribution is -0.137. The van der Waals surface area contributed by atoms with Crippen LogP contribution < -0.4 is 5.32 Å². The van der Waals surface area contributed by atoms with Crippen molar-refractivity contribution in [2.75, 3.05) is 34.2 Å². The van der Waals surface area contributed by atoms with Crippen molar-refractivity contribution in [3.63, 3.8) is 0 Å². The molecule has 2 rings (SSSR count). The molecule has 0 saturated carbocycles. The Morgan fingerprint density at radius 2 is 1.58 bits per heavy atom. The molecule has 4 nitrogen and oxygen atoms in total. The van der Waals surface area contributed by atoms with E-state index in [1.807, 2.05) is 11.9 Å². The summed E-state index contributed by atoms with van der Waals surface area (Å²) in [6.07, 6.45) is 1.95. The number of benzene rings is 1. The molecule has 1 aliphatic rings. The van der Waals surface area contributed by atoms with Gasteiger partial charge in [-0.15, -0.1) is 37.2 Å². The number of likely N-dealkylation sites (tertiary alicyclic amines) is 1. The Labute approximate surface area is 177 Å². The summed E-state index contributed by atoms with van der Waals surface area (Å²) in [4.78, 5) is 17.1. The first-order valence-corrected chi connectivity index (χ1v) is 8.61. The molecule has 1 unspecified atom stereocenters. The molecule has 1 N–H and O–H groups in total. The maximum absolute atomic E-state index is 12.7. The van der Waals surface area contributed by atoms with Gasteiger partial charge < -0.3 is 10.2 Å². The Hall–Kier alpha value is -0.520. The molecule has 26 heavy (non-hydrogen) atoms. The highest BCUT2D eigenvalue weighted by atomic mass is 35.5. The van der Waals surface area contributed by atoms with E-state index in [1.54, 1.807) is 0 Å². The number of hydrogen-bond acceptors (Lipinski definition) is 3. The lowest BCUT2D eigenvalue weighted by Crippen LogP contribution is -2.55. The van der Waals surface area contributed by atoms with Crippen molar-refractivity contribution in [3.05, 3.63) is 35.9 Å². The zero-order valence-corrected chi connectivity index (χ0v) is 18.8. The molecule has 1 aliphatic heterocycles. The van der Waals surface area contributed by atoms with Gasteiger partial charge in [-0.1, -0.05) is 44.2 Å². The number of nitrogens with zero attached hydrogens (tertiary/aromatic N) is 2. The molecule has 1 atom stereocenters. The van der Waals surface area contributed by atoms with E-state index in [0.717, 1.165) is 25.9 Å². The largest absolute Gasteiger partial charge is 0.341 e. The van der Waals surface area contributed by atoms with Gasteiger partial charge in [0, 0.05) is 18.6 Å². The summed E-state index contributed by atoms with van der Waals surface area (Å²) in [6, 6.07) is 10.6. The predicted molar refractivity (Wildman–Crippen MR) is 117 cm³/mol. The second-order valence-corrected chi connectivity index (χ2v) is 7.13. The van der Waals surface area contributed by atoms with Crippen LogP contribution in [0.3, 0.4) is 0 Å². The molecule has 0 bridgehead atoms. The van der Waals surface area contributed by atoms with Crippen LogP contribution >= 0.6 is 37.2 Å². The lowest BCUT2D eigenvalue weighted by Gasteiger charge is -2.47. The van der Waals surface area contributed by atoms with Gasteiger partial charge in [-0.2, -0.15) is 0 Å². The summed E-state index contributed by atoms with van der Waals surface area (Å²) in [7, 11) is 6.17. The quantitative estimate of drug-likeness (QED) is 0.781. The number of carbonyl (C=O) groups is 1. The van der Waals surface area contributed by atoms with Crippen LogP contribution in [0.1, 0.15) is 32.3 Å². The third kappa shape index (κ3) is 5.74. The van der Waals surface area contributed by atoms with Gasteiger partial charge in [0.1, 0.15) is 0 Å². The van der Waals surface area contributed by atoms with E-state index in [4.69, 9.17) is 0 Å². The second-order valence-electron chi connectivity index (χ2n) is 7.13. The molecule has 0 aliphatic carbocycles. The summed E-state index contributed by atoms with van der Waals surface area (Å²) >= 11 is 0. The fourth-order valence-corrected chi connectivity index (χ4v) is 3.78. The third-order valence-corrected chi connectivity index (χ3v) is 5.31.